The minimum Gasteiger partial charge on any atom is -0.253 e. The van der Waals surface area contributed by atoms with E-state index < -0.39 is 10.0 Å². The van der Waals surface area contributed by atoms with E-state index in [1.54, 1.807) is 26.0 Å². The lowest BCUT2D eigenvalue weighted by Gasteiger charge is -2.10. The van der Waals surface area contributed by atoms with Crippen molar-refractivity contribution in [2.45, 2.75) is 32.1 Å². The Morgan fingerprint density at radius 3 is 2.55 bits per heavy atom. The Labute approximate surface area is 127 Å². The van der Waals surface area contributed by atoms with Gasteiger partial charge in [-0.3, -0.25) is 4.72 Å². The summed E-state index contributed by atoms with van der Waals surface area (Å²) in [5.41, 5.74) is 1.30. The van der Waals surface area contributed by atoms with Crippen LogP contribution in [0, 0.1) is 13.8 Å². The van der Waals surface area contributed by atoms with Crippen LogP contribution in [0.1, 0.15) is 23.1 Å². The number of aromatic nitrogens is 2. The molecule has 1 N–H and O–H groups in total. The Bertz CT molecular complexity index is 741. The number of nitrogens with one attached hydrogen (secondary N) is 1. The summed E-state index contributed by atoms with van der Waals surface area (Å²) < 4.78 is 27.2. The smallest absolute Gasteiger partial charge is 0.253 e. The highest BCUT2D eigenvalue weighted by atomic mass is 35.5. The predicted octanol–water partition coefficient (Wildman–Crippen LogP) is 3.17. The van der Waals surface area contributed by atoms with Crippen molar-refractivity contribution in [1.82, 2.24) is 10.2 Å². The molecule has 0 bridgehead atoms. The van der Waals surface area contributed by atoms with E-state index in [4.69, 9.17) is 11.6 Å². The molecular weight excluding hydrogens is 318 g/mol. The van der Waals surface area contributed by atoms with Crippen LogP contribution in [0.25, 0.3) is 0 Å². The second kappa shape index (κ2) is 5.67. The molecule has 108 valence electrons. The Balaban J connectivity index is 2.37. The molecule has 0 fully saturated rings. The zero-order valence-electron chi connectivity index (χ0n) is 11.3. The van der Waals surface area contributed by atoms with Crippen LogP contribution in [0.3, 0.4) is 0 Å². The van der Waals surface area contributed by atoms with E-state index in [2.05, 4.69) is 14.9 Å². The Morgan fingerprint density at radius 1 is 1.25 bits per heavy atom. The molecule has 0 aliphatic carbocycles. The van der Waals surface area contributed by atoms with Crippen molar-refractivity contribution in [3.63, 3.8) is 0 Å². The number of halogens is 1. The predicted molar refractivity (Wildman–Crippen MR) is 81.0 cm³/mol. The zero-order valence-corrected chi connectivity index (χ0v) is 13.7. The molecule has 0 unspecified atom stereocenters. The Kier molecular flexibility index (Phi) is 4.31. The van der Waals surface area contributed by atoms with E-state index in [0.29, 0.717) is 16.1 Å². The first-order valence-corrected chi connectivity index (χ1v) is 8.63. The van der Waals surface area contributed by atoms with Crippen LogP contribution in [0.15, 0.2) is 17.0 Å². The second-order valence-electron chi connectivity index (χ2n) is 4.33. The summed E-state index contributed by atoms with van der Waals surface area (Å²) in [5, 5.41) is 9.31. The monoisotopic (exact) mass is 331 g/mol. The summed E-state index contributed by atoms with van der Waals surface area (Å²) in [7, 11) is -3.68. The molecule has 1 aromatic heterocycles. The Morgan fingerprint density at radius 2 is 1.95 bits per heavy atom. The lowest BCUT2D eigenvalue weighted by Crippen LogP contribution is -2.14. The van der Waals surface area contributed by atoms with E-state index in [9.17, 15) is 8.42 Å². The van der Waals surface area contributed by atoms with Crippen molar-refractivity contribution >= 4 is 38.1 Å². The lowest BCUT2D eigenvalue weighted by molar-refractivity contribution is 0.600. The number of rotatable bonds is 4. The highest BCUT2D eigenvalue weighted by Crippen LogP contribution is 2.26. The Hall–Kier alpha value is -1.18. The fourth-order valence-corrected chi connectivity index (χ4v) is 4.09. The molecule has 1 heterocycles. The topological polar surface area (TPSA) is 72.0 Å². The summed E-state index contributed by atoms with van der Waals surface area (Å²) in [6, 6.07) is 3.20. The average Bonchev–Trinajstić information content (AvgIpc) is 2.80. The van der Waals surface area contributed by atoms with Gasteiger partial charge in [-0.05, 0) is 43.5 Å². The van der Waals surface area contributed by atoms with E-state index in [1.165, 1.54) is 11.3 Å². The average molecular weight is 332 g/mol. The van der Waals surface area contributed by atoms with Crippen molar-refractivity contribution < 1.29 is 8.42 Å². The van der Waals surface area contributed by atoms with Gasteiger partial charge in [0.05, 0.1) is 4.90 Å². The van der Waals surface area contributed by atoms with Gasteiger partial charge in [0.1, 0.15) is 5.01 Å². The standard InChI is InChI=1S/C12H14ClN3O2S2/c1-4-11-14-15-12(19-11)16-20(17,18)10-6-7(2)9(13)5-8(10)3/h5-6H,4H2,1-3H3,(H,15,16). The highest BCUT2D eigenvalue weighted by molar-refractivity contribution is 7.93. The maximum absolute atomic E-state index is 12.4. The molecule has 2 aromatic rings. The number of sulfonamides is 1. The van der Waals surface area contributed by atoms with Crippen LogP contribution >= 0.6 is 22.9 Å². The number of nitrogens with zero attached hydrogens (tertiary/aromatic N) is 2. The van der Waals surface area contributed by atoms with Crippen LogP contribution in [0.2, 0.25) is 5.02 Å². The lowest BCUT2D eigenvalue weighted by atomic mass is 10.2. The van der Waals surface area contributed by atoms with Gasteiger partial charge in [0, 0.05) is 5.02 Å². The van der Waals surface area contributed by atoms with Crippen LogP contribution < -0.4 is 4.72 Å². The summed E-state index contributed by atoms with van der Waals surface area (Å²) in [5.74, 6) is 0. The maximum atomic E-state index is 12.4. The number of hydrogen-bond donors (Lipinski definition) is 1. The zero-order chi connectivity index (χ0) is 14.9. The minimum absolute atomic E-state index is 0.202. The molecule has 0 saturated carbocycles. The van der Waals surface area contributed by atoms with E-state index in [0.717, 1.165) is 11.4 Å². The van der Waals surface area contributed by atoms with Crippen LogP contribution in [-0.4, -0.2) is 18.6 Å². The normalized spacial score (nSPS) is 11.6. The fraction of sp³-hybridized carbons (Fsp3) is 0.333. The van der Waals surface area contributed by atoms with Gasteiger partial charge >= 0.3 is 0 Å². The van der Waals surface area contributed by atoms with Gasteiger partial charge < -0.3 is 0 Å². The van der Waals surface area contributed by atoms with Gasteiger partial charge in [0.2, 0.25) is 5.13 Å². The molecule has 0 radical (unpaired) electrons. The molecule has 20 heavy (non-hydrogen) atoms. The van der Waals surface area contributed by atoms with Crippen molar-refractivity contribution in [1.29, 1.82) is 0 Å². The summed E-state index contributed by atoms with van der Waals surface area (Å²) in [4.78, 5) is 0.202. The molecule has 0 saturated heterocycles. The molecule has 5 nitrogen and oxygen atoms in total. The number of aryl methyl sites for hydroxylation is 3. The van der Waals surface area contributed by atoms with Gasteiger partial charge in [0.15, 0.2) is 0 Å². The van der Waals surface area contributed by atoms with Crippen LogP contribution in [-0.2, 0) is 16.4 Å². The van der Waals surface area contributed by atoms with Crippen molar-refractivity contribution in [3.05, 3.63) is 33.3 Å². The third-order valence-electron chi connectivity index (χ3n) is 2.74. The second-order valence-corrected chi connectivity index (χ2v) is 7.45. The summed E-state index contributed by atoms with van der Waals surface area (Å²) >= 11 is 7.21. The van der Waals surface area contributed by atoms with Gasteiger partial charge in [-0.2, -0.15) is 0 Å². The van der Waals surface area contributed by atoms with Gasteiger partial charge in [-0.15, -0.1) is 10.2 Å². The molecular formula is C12H14ClN3O2S2. The number of hydrogen-bond acceptors (Lipinski definition) is 5. The van der Waals surface area contributed by atoms with Gasteiger partial charge in [-0.25, -0.2) is 8.42 Å². The minimum atomic E-state index is -3.68. The van der Waals surface area contributed by atoms with Crippen molar-refractivity contribution in [2.75, 3.05) is 4.72 Å². The number of anilines is 1. The van der Waals surface area contributed by atoms with Gasteiger partial charge in [0.25, 0.3) is 10.0 Å². The van der Waals surface area contributed by atoms with Crippen LogP contribution in [0.5, 0.6) is 0 Å². The summed E-state index contributed by atoms with van der Waals surface area (Å²) in [6.45, 7) is 5.41. The quantitative estimate of drug-likeness (QED) is 0.934. The van der Waals surface area contributed by atoms with Gasteiger partial charge in [-0.1, -0.05) is 29.9 Å². The highest BCUT2D eigenvalue weighted by Gasteiger charge is 2.20. The third kappa shape index (κ3) is 3.11. The molecule has 0 aliphatic rings. The molecule has 8 heteroatoms. The molecule has 0 atom stereocenters. The van der Waals surface area contributed by atoms with Crippen molar-refractivity contribution in [3.8, 4) is 0 Å². The first kappa shape index (κ1) is 15.2. The van der Waals surface area contributed by atoms with Crippen LogP contribution in [0.4, 0.5) is 5.13 Å². The number of benzene rings is 1. The molecule has 1 aromatic carbocycles. The molecule has 2 rings (SSSR count). The summed E-state index contributed by atoms with van der Waals surface area (Å²) in [6.07, 6.45) is 0.721. The maximum Gasteiger partial charge on any atom is 0.263 e. The molecule has 0 aliphatic heterocycles. The van der Waals surface area contributed by atoms with E-state index in [1.807, 2.05) is 6.92 Å². The first-order valence-electron chi connectivity index (χ1n) is 5.95. The third-order valence-corrected chi connectivity index (χ3v) is 5.74. The fourth-order valence-electron chi connectivity index (χ4n) is 1.65. The first-order chi connectivity index (χ1) is 9.33. The SMILES string of the molecule is CCc1nnc(NS(=O)(=O)c2cc(C)c(Cl)cc2C)s1. The largest absolute Gasteiger partial charge is 0.263 e. The van der Waals surface area contributed by atoms with Crippen molar-refractivity contribution in [2.24, 2.45) is 0 Å². The molecule has 0 spiro atoms. The van der Waals surface area contributed by atoms with E-state index >= 15 is 0 Å². The molecule has 0 amide bonds. The van der Waals surface area contributed by atoms with E-state index in [-0.39, 0.29) is 10.0 Å².